The van der Waals surface area contributed by atoms with Crippen molar-refractivity contribution < 1.29 is 54.0 Å². The largest absolute Gasteiger partial charge is 0.480 e. The van der Waals surface area contributed by atoms with Crippen molar-refractivity contribution in [3.05, 3.63) is 35.9 Å². The van der Waals surface area contributed by atoms with E-state index in [1.807, 2.05) is 0 Å². The molecule has 1 fully saturated rings. The molecule has 8 atom stereocenters. The lowest BCUT2D eigenvalue weighted by Crippen LogP contribution is -2.62. The highest BCUT2D eigenvalue weighted by molar-refractivity contribution is 5.97. The number of hydrogen-bond donors (Lipinski definition) is 14. The fourth-order valence-electron chi connectivity index (χ4n) is 6.10. The molecule has 0 bridgehead atoms. The number of carboxylic acid groups (broad SMARTS) is 1. The van der Waals surface area contributed by atoms with Gasteiger partial charge in [-0.05, 0) is 51.0 Å². The van der Waals surface area contributed by atoms with E-state index in [-0.39, 0.29) is 63.7 Å². The van der Waals surface area contributed by atoms with E-state index in [1.54, 1.807) is 30.3 Å². The number of hydrogen-bond acceptors (Lipinski definition) is 13. The molecule has 6 amide bonds. The summed E-state index contributed by atoms with van der Waals surface area (Å²) >= 11 is 0. The summed E-state index contributed by atoms with van der Waals surface area (Å²) in [5.74, 6) is -7.27. The average molecular weight is 850 g/mol. The molecule has 24 nitrogen and oxygen atoms in total. The monoisotopic (exact) mass is 849 g/mol. The number of nitrogens with one attached hydrogen (secondary N) is 5. The van der Waals surface area contributed by atoms with Crippen molar-refractivity contribution in [2.45, 2.75) is 100 Å². The van der Waals surface area contributed by atoms with Gasteiger partial charge in [0.25, 0.3) is 0 Å². The third kappa shape index (κ3) is 16.6. The lowest BCUT2D eigenvalue weighted by Gasteiger charge is -2.29. The SMILES string of the molecule is C[C@@H](O)[C@H](NC(=O)[C@H](CCCN=C(N)N)NC(=O)[C@@H]1CCCN1C(=O)[C@@H](N)CCCN=C(N)N)C(=O)N[C@@H](CO)C(=O)N[C@@H](CO)C(=O)N[C@@H](Cc1ccccc1)C(=O)O. The predicted octanol–water partition coefficient (Wildman–Crippen LogP) is -6.47. The normalized spacial score (nSPS) is 16.9. The van der Waals surface area contributed by atoms with Crippen molar-refractivity contribution in [2.24, 2.45) is 38.7 Å². The van der Waals surface area contributed by atoms with Gasteiger partial charge in [0.05, 0.1) is 25.4 Å². The summed E-state index contributed by atoms with van der Waals surface area (Å²) in [6.45, 7) is -0.375. The summed E-state index contributed by atoms with van der Waals surface area (Å²) in [6, 6.07) is -1.67. The standard InChI is InChI=1S/C36H59N13O11/c1-19(52)27(32(57)47-25(18-51)30(55)46-24(17-50)29(54)45-23(34(59)60)16-20-8-3-2-4-9-20)48-28(53)22(11-6-14-43-36(40)41)44-31(56)26-12-7-15-49(26)33(58)21(37)10-5-13-42-35(38)39/h2-4,8-9,19,21-27,50-52H,5-7,10-18,37H2,1H3,(H,44,56)(H,45,54)(H,46,55)(H,47,57)(H,48,53)(H,59,60)(H4,38,39,42)(H4,40,41,43)/t19-,21+,22+,23+,24+,25+,26+,27+/m1/s1. The number of amides is 6. The predicted molar refractivity (Wildman–Crippen MR) is 216 cm³/mol. The number of rotatable bonds is 25. The van der Waals surface area contributed by atoms with E-state index in [0.29, 0.717) is 18.4 Å². The van der Waals surface area contributed by atoms with Gasteiger partial charge in [0.1, 0.15) is 36.3 Å². The zero-order valence-corrected chi connectivity index (χ0v) is 33.4. The first-order chi connectivity index (χ1) is 28.4. The molecular formula is C36H59N13O11. The molecule has 0 saturated carbocycles. The highest BCUT2D eigenvalue weighted by atomic mass is 16.4. The van der Waals surface area contributed by atoms with Crippen LogP contribution in [0.4, 0.5) is 0 Å². The third-order valence-electron chi connectivity index (χ3n) is 9.29. The summed E-state index contributed by atoms with van der Waals surface area (Å²) < 4.78 is 0. The van der Waals surface area contributed by atoms with Crippen molar-refractivity contribution in [2.75, 3.05) is 32.8 Å². The van der Waals surface area contributed by atoms with Gasteiger partial charge in [-0.15, -0.1) is 0 Å². The van der Waals surface area contributed by atoms with Crippen LogP contribution >= 0.6 is 0 Å². The zero-order chi connectivity index (χ0) is 44.9. The van der Waals surface area contributed by atoms with Crippen LogP contribution in [0, 0.1) is 0 Å². The number of benzene rings is 1. The molecule has 2 rings (SSSR count). The Kier molecular flexibility index (Phi) is 21.2. The minimum absolute atomic E-state index is 0.0508. The number of aliphatic hydroxyl groups excluding tert-OH is 3. The summed E-state index contributed by atoms with van der Waals surface area (Å²) in [5, 5.41) is 51.5. The van der Waals surface area contributed by atoms with Crippen molar-refractivity contribution in [1.29, 1.82) is 0 Å². The van der Waals surface area contributed by atoms with Gasteiger partial charge in [0.15, 0.2) is 11.9 Å². The summed E-state index contributed by atoms with van der Waals surface area (Å²) in [7, 11) is 0. The molecule has 1 aromatic carbocycles. The van der Waals surface area contributed by atoms with E-state index in [2.05, 4.69) is 36.6 Å². The molecular weight excluding hydrogens is 790 g/mol. The maximum atomic E-state index is 13.7. The maximum absolute atomic E-state index is 13.7. The first-order valence-electron chi connectivity index (χ1n) is 19.2. The number of guanidine groups is 2. The molecule has 24 heteroatoms. The summed E-state index contributed by atoms with van der Waals surface area (Å²) in [6.07, 6.45) is -0.284. The van der Waals surface area contributed by atoms with E-state index < -0.39 is 103 Å². The smallest absolute Gasteiger partial charge is 0.326 e. The number of nitrogens with two attached hydrogens (primary N) is 5. The molecule has 0 aromatic heterocycles. The van der Waals surface area contributed by atoms with E-state index in [4.69, 9.17) is 28.7 Å². The number of nitrogens with zero attached hydrogens (tertiary/aromatic N) is 3. The number of carbonyl (C=O) groups is 7. The summed E-state index contributed by atoms with van der Waals surface area (Å²) in [4.78, 5) is 101. The van der Waals surface area contributed by atoms with E-state index in [9.17, 15) is 54.0 Å². The number of carboxylic acids is 1. The van der Waals surface area contributed by atoms with Crippen LogP contribution in [0.25, 0.3) is 0 Å². The van der Waals surface area contributed by atoms with Crippen LogP contribution in [0.3, 0.4) is 0 Å². The molecule has 1 saturated heterocycles. The Morgan fingerprint density at radius 3 is 1.78 bits per heavy atom. The quantitative estimate of drug-likeness (QED) is 0.0247. The second kappa shape index (κ2) is 25.4. The topological polar surface area (TPSA) is 419 Å². The van der Waals surface area contributed by atoms with Crippen molar-refractivity contribution >= 4 is 53.3 Å². The second-order valence-corrected chi connectivity index (χ2v) is 14.1. The molecule has 1 heterocycles. The van der Waals surface area contributed by atoms with Crippen LogP contribution in [-0.4, -0.2) is 160 Å². The Balaban J connectivity index is 2.16. The fraction of sp³-hybridized carbons (Fsp3) is 0.583. The molecule has 334 valence electrons. The van der Waals surface area contributed by atoms with Gasteiger partial charge in [-0.2, -0.15) is 0 Å². The van der Waals surface area contributed by atoms with Gasteiger partial charge >= 0.3 is 5.97 Å². The van der Waals surface area contributed by atoms with Crippen molar-refractivity contribution in [1.82, 2.24) is 31.5 Å². The molecule has 1 aliphatic heterocycles. The molecule has 1 aromatic rings. The maximum Gasteiger partial charge on any atom is 0.326 e. The van der Waals surface area contributed by atoms with Crippen LogP contribution in [0.1, 0.15) is 51.0 Å². The van der Waals surface area contributed by atoms with E-state index in [1.165, 1.54) is 4.90 Å². The van der Waals surface area contributed by atoms with Gasteiger partial charge in [-0.3, -0.25) is 38.8 Å². The highest BCUT2D eigenvalue weighted by Crippen LogP contribution is 2.20. The number of aliphatic carboxylic acids is 1. The van der Waals surface area contributed by atoms with E-state index >= 15 is 0 Å². The molecule has 0 aliphatic carbocycles. The number of aliphatic hydroxyl groups is 3. The lowest BCUT2D eigenvalue weighted by molar-refractivity contribution is -0.142. The molecule has 0 unspecified atom stereocenters. The first kappa shape index (κ1) is 50.0. The van der Waals surface area contributed by atoms with Crippen molar-refractivity contribution in [3.8, 4) is 0 Å². The second-order valence-electron chi connectivity index (χ2n) is 14.1. The first-order valence-corrected chi connectivity index (χ1v) is 19.2. The Labute approximate surface area is 346 Å². The minimum atomic E-state index is -1.80. The minimum Gasteiger partial charge on any atom is -0.480 e. The van der Waals surface area contributed by atoms with E-state index in [0.717, 1.165) is 6.92 Å². The van der Waals surface area contributed by atoms with Crippen LogP contribution in [0.15, 0.2) is 40.3 Å². The molecule has 1 aliphatic rings. The van der Waals surface area contributed by atoms with Gasteiger partial charge in [-0.1, -0.05) is 30.3 Å². The fourth-order valence-corrected chi connectivity index (χ4v) is 6.10. The zero-order valence-electron chi connectivity index (χ0n) is 33.4. The number of likely N-dealkylation sites (tertiary alicyclic amines) is 1. The van der Waals surface area contributed by atoms with Gasteiger partial charge < -0.3 is 80.6 Å². The van der Waals surface area contributed by atoms with Crippen molar-refractivity contribution in [3.63, 3.8) is 0 Å². The Hall–Kier alpha value is -6.11. The van der Waals surface area contributed by atoms with Gasteiger partial charge in [0.2, 0.25) is 35.4 Å². The van der Waals surface area contributed by atoms with Gasteiger partial charge in [-0.25, -0.2) is 4.79 Å². The molecule has 60 heavy (non-hydrogen) atoms. The lowest BCUT2D eigenvalue weighted by atomic mass is 10.1. The Morgan fingerprint density at radius 1 is 0.750 bits per heavy atom. The number of carbonyl (C=O) groups excluding carboxylic acids is 6. The van der Waals surface area contributed by atoms with Crippen LogP contribution in [0.5, 0.6) is 0 Å². The van der Waals surface area contributed by atoms with Crippen LogP contribution in [0.2, 0.25) is 0 Å². The Bertz CT molecular complexity index is 1670. The molecule has 19 N–H and O–H groups in total. The van der Waals surface area contributed by atoms with Crippen LogP contribution < -0.4 is 55.3 Å². The molecule has 0 radical (unpaired) electrons. The van der Waals surface area contributed by atoms with Gasteiger partial charge in [0, 0.05) is 26.1 Å². The summed E-state index contributed by atoms with van der Waals surface area (Å²) in [5.41, 5.74) is 28.2. The van der Waals surface area contributed by atoms with Crippen LogP contribution in [-0.2, 0) is 40.0 Å². The molecule has 0 spiro atoms. The average Bonchev–Trinajstić information content (AvgIpc) is 3.70. The number of aliphatic imine (C=N–C) groups is 2. The third-order valence-corrected chi connectivity index (χ3v) is 9.29. The Morgan fingerprint density at radius 2 is 1.27 bits per heavy atom. The highest BCUT2D eigenvalue weighted by Gasteiger charge is 2.39.